The first-order chi connectivity index (χ1) is 10.8. The van der Waals surface area contributed by atoms with E-state index in [1.165, 1.54) is 24.3 Å². The van der Waals surface area contributed by atoms with Gasteiger partial charge in [-0.05, 0) is 37.1 Å². The average molecular weight is 347 g/mol. The van der Waals surface area contributed by atoms with Gasteiger partial charge in [-0.15, -0.1) is 0 Å². The molecule has 0 atom stereocenters. The molecule has 1 aliphatic rings. The maximum atomic E-state index is 12.5. The Morgan fingerprint density at radius 2 is 1.83 bits per heavy atom. The summed E-state index contributed by atoms with van der Waals surface area (Å²) >= 11 is 0. The van der Waals surface area contributed by atoms with Crippen LogP contribution in [0.2, 0.25) is 0 Å². The van der Waals surface area contributed by atoms with Gasteiger partial charge in [0, 0.05) is 24.8 Å². The first kappa shape index (κ1) is 17.6. The van der Waals surface area contributed by atoms with Gasteiger partial charge in [-0.3, -0.25) is 9.69 Å². The fourth-order valence-electron chi connectivity index (χ4n) is 2.54. The third kappa shape index (κ3) is 4.61. The Balaban J connectivity index is 1.91. The molecule has 1 aliphatic heterocycles. The first-order valence-corrected chi connectivity index (χ1v) is 8.73. The lowest BCUT2D eigenvalue weighted by Gasteiger charge is -2.32. The second-order valence-electron chi connectivity index (χ2n) is 5.49. The summed E-state index contributed by atoms with van der Waals surface area (Å²) in [5.74, 6) is -3.77. The highest BCUT2D eigenvalue weighted by Crippen LogP contribution is 2.22. The molecule has 1 aromatic carbocycles. The third-order valence-electron chi connectivity index (χ3n) is 3.76. The number of primary amides is 1. The van der Waals surface area contributed by atoms with Gasteiger partial charge in [-0.2, -0.15) is 8.78 Å². The number of alkyl halides is 2. The van der Waals surface area contributed by atoms with E-state index in [9.17, 15) is 22.0 Å². The minimum Gasteiger partial charge on any atom is -0.382 e. The highest BCUT2D eigenvalue weighted by Gasteiger charge is 2.26. The van der Waals surface area contributed by atoms with Crippen LogP contribution in [0, 0.1) is 0 Å². The lowest BCUT2D eigenvalue weighted by molar-refractivity contribution is -0.119. The number of halogens is 2. The number of anilines is 1. The largest absolute Gasteiger partial charge is 0.382 e. The molecule has 1 amide bonds. The number of sulfone groups is 1. The predicted molar refractivity (Wildman–Crippen MR) is 81.9 cm³/mol. The van der Waals surface area contributed by atoms with E-state index in [4.69, 9.17) is 5.73 Å². The molecule has 9 heteroatoms. The van der Waals surface area contributed by atoms with Gasteiger partial charge in [0.2, 0.25) is 15.7 Å². The molecule has 1 saturated heterocycles. The number of hydrogen-bond donors (Lipinski definition) is 2. The molecule has 2 rings (SSSR count). The van der Waals surface area contributed by atoms with Crippen LogP contribution in [-0.2, 0) is 14.6 Å². The molecule has 1 fully saturated rings. The zero-order valence-electron chi connectivity index (χ0n) is 12.4. The number of carbonyl (C=O) groups excluding carboxylic acids is 1. The van der Waals surface area contributed by atoms with Gasteiger partial charge >= 0.3 is 5.76 Å². The van der Waals surface area contributed by atoms with Crippen LogP contribution < -0.4 is 11.1 Å². The van der Waals surface area contributed by atoms with Crippen LogP contribution in [0.5, 0.6) is 0 Å². The zero-order chi connectivity index (χ0) is 17.0. The van der Waals surface area contributed by atoms with Crippen molar-refractivity contribution in [3.63, 3.8) is 0 Å². The van der Waals surface area contributed by atoms with Gasteiger partial charge in [0.05, 0.1) is 11.4 Å². The Labute approximate surface area is 133 Å². The van der Waals surface area contributed by atoms with Crippen molar-refractivity contribution in [1.82, 2.24) is 4.90 Å². The molecule has 0 aromatic heterocycles. The minimum absolute atomic E-state index is 0.177. The van der Waals surface area contributed by atoms with Crippen LogP contribution in [0.1, 0.15) is 12.8 Å². The van der Waals surface area contributed by atoms with Gasteiger partial charge in [0.15, 0.2) is 0 Å². The molecule has 6 nitrogen and oxygen atoms in total. The molecule has 0 spiro atoms. The summed E-state index contributed by atoms with van der Waals surface area (Å²) in [6.45, 7) is 1.71. The molecule has 0 bridgehead atoms. The Bertz CT molecular complexity index is 642. The average Bonchev–Trinajstić information content (AvgIpc) is 2.49. The predicted octanol–water partition coefficient (Wildman–Crippen LogP) is 1.04. The molecule has 1 aromatic rings. The Kier molecular flexibility index (Phi) is 5.53. The molecular formula is C14H19F2N3O3S. The number of nitrogens with zero attached hydrogens (tertiary/aromatic N) is 1. The fourth-order valence-corrected chi connectivity index (χ4v) is 3.26. The van der Waals surface area contributed by atoms with Crippen molar-refractivity contribution in [2.45, 2.75) is 29.5 Å². The highest BCUT2D eigenvalue weighted by molar-refractivity contribution is 7.91. The number of likely N-dealkylation sites (tertiary alicyclic amines) is 1. The van der Waals surface area contributed by atoms with Crippen LogP contribution in [0.15, 0.2) is 29.2 Å². The first-order valence-electron chi connectivity index (χ1n) is 7.18. The summed E-state index contributed by atoms with van der Waals surface area (Å²) in [5, 5.41) is 3.24. The van der Waals surface area contributed by atoms with Crippen molar-refractivity contribution in [2.24, 2.45) is 5.73 Å². The van der Waals surface area contributed by atoms with Crippen molar-refractivity contribution >= 4 is 21.4 Å². The van der Waals surface area contributed by atoms with E-state index < -0.39 is 20.5 Å². The molecule has 0 radical (unpaired) electrons. The summed E-state index contributed by atoms with van der Waals surface area (Å²) in [4.78, 5) is 12.4. The molecule has 128 valence electrons. The maximum absolute atomic E-state index is 12.5. The number of nitrogens with two attached hydrogens (primary N) is 1. The summed E-state index contributed by atoms with van der Waals surface area (Å²) in [6, 6.07) is 5.48. The molecule has 23 heavy (non-hydrogen) atoms. The summed E-state index contributed by atoms with van der Waals surface area (Å²) in [7, 11) is -4.56. The number of nitrogens with one attached hydrogen (secondary N) is 1. The van der Waals surface area contributed by atoms with E-state index in [2.05, 4.69) is 5.32 Å². The molecule has 0 saturated carbocycles. The number of piperidine rings is 1. The number of carbonyl (C=O) groups is 1. The number of benzene rings is 1. The zero-order valence-corrected chi connectivity index (χ0v) is 13.2. The van der Waals surface area contributed by atoms with Crippen molar-refractivity contribution in [1.29, 1.82) is 0 Å². The normalized spacial score (nSPS) is 17.3. The number of amides is 1. The van der Waals surface area contributed by atoms with Crippen LogP contribution >= 0.6 is 0 Å². The summed E-state index contributed by atoms with van der Waals surface area (Å²) < 4.78 is 47.6. The number of rotatable bonds is 6. The quantitative estimate of drug-likeness (QED) is 0.802. The molecule has 0 aliphatic carbocycles. The Morgan fingerprint density at radius 1 is 1.26 bits per heavy atom. The lowest BCUT2D eigenvalue weighted by atomic mass is 10.0. The van der Waals surface area contributed by atoms with E-state index in [-0.39, 0.29) is 18.5 Å². The van der Waals surface area contributed by atoms with Gasteiger partial charge < -0.3 is 11.1 Å². The summed E-state index contributed by atoms with van der Waals surface area (Å²) in [5.41, 5.74) is 5.83. The maximum Gasteiger partial charge on any atom is 0.341 e. The fraction of sp³-hybridized carbons (Fsp3) is 0.500. The monoisotopic (exact) mass is 347 g/mol. The smallest absolute Gasteiger partial charge is 0.341 e. The topological polar surface area (TPSA) is 92.5 Å². The van der Waals surface area contributed by atoms with Gasteiger partial charge in [0.1, 0.15) is 0 Å². The van der Waals surface area contributed by atoms with Crippen molar-refractivity contribution in [2.75, 3.05) is 25.0 Å². The van der Waals surface area contributed by atoms with Crippen LogP contribution in [0.25, 0.3) is 0 Å². The summed E-state index contributed by atoms with van der Waals surface area (Å²) in [6.07, 6.45) is 1.62. The van der Waals surface area contributed by atoms with Gasteiger partial charge in [0.25, 0.3) is 0 Å². The molecule has 1 heterocycles. The highest BCUT2D eigenvalue weighted by atomic mass is 32.2. The van der Waals surface area contributed by atoms with E-state index in [0.29, 0.717) is 5.69 Å². The molecule has 3 N–H and O–H groups in total. The lowest BCUT2D eigenvalue weighted by Crippen LogP contribution is -2.42. The van der Waals surface area contributed by atoms with E-state index in [1.54, 1.807) is 0 Å². The van der Waals surface area contributed by atoms with Crippen LogP contribution in [0.4, 0.5) is 14.5 Å². The van der Waals surface area contributed by atoms with E-state index in [0.717, 1.165) is 25.9 Å². The second-order valence-corrected chi connectivity index (χ2v) is 7.41. The van der Waals surface area contributed by atoms with Crippen molar-refractivity contribution in [3.05, 3.63) is 24.3 Å². The third-order valence-corrected chi connectivity index (χ3v) is 5.15. The Hall–Kier alpha value is -1.74. The van der Waals surface area contributed by atoms with E-state index in [1.807, 2.05) is 4.90 Å². The van der Waals surface area contributed by atoms with Crippen LogP contribution in [-0.4, -0.2) is 50.7 Å². The minimum atomic E-state index is -4.56. The van der Waals surface area contributed by atoms with E-state index >= 15 is 0 Å². The van der Waals surface area contributed by atoms with Crippen molar-refractivity contribution < 1.29 is 22.0 Å². The SMILES string of the molecule is NC(=O)CN1CCC(Nc2ccc(S(=O)(=O)C(F)F)cc2)CC1. The second kappa shape index (κ2) is 7.22. The number of hydrogen-bond acceptors (Lipinski definition) is 5. The molecular weight excluding hydrogens is 328 g/mol. The van der Waals surface area contributed by atoms with Crippen LogP contribution in [0.3, 0.4) is 0 Å². The Morgan fingerprint density at radius 3 is 2.30 bits per heavy atom. The van der Waals surface area contributed by atoms with Gasteiger partial charge in [-0.25, -0.2) is 8.42 Å². The van der Waals surface area contributed by atoms with Crippen molar-refractivity contribution in [3.8, 4) is 0 Å². The standard InChI is InChI=1S/C14H19F2N3O3S/c15-14(16)23(21,22)12-3-1-10(2-4-12)18-11-5-7-19(8-6-11)9-13(17)20/h1-4,11,14,18H,5-9H2,(H2,17,20). The molecule has 0 unspecified atom stereocenters. The van der Waals surface area contributed by atoms with Gasteiger partial charge in [-0.1, -0.05) is 0 Å².